The average molecular weight is 605 g/mol. The standard InChI is InChI=1S/C28H31BrFN3O4S/c1-4-20(2)31-28(35)21(3)32(18-22-10-12-23(29)13-11-22)27(34)19-33(25-8-6-5-7-9-25)38(36,37)26-16-14-24(30)15-17-26/h5-17,20-21H,4,18-19H2,1-3H3,(H,31,35)/t20-,21-/m1/s1. The molecule has 38 heavy (non-hydrogen) atoms. The van der Waals surface area contributed by atoms with Crippen molar-refractivity contribution in [3.63, 3.8) is 0 Å². The molecule has 0 bridgehead atoms. The van der Waals surface area contributed by atoms with Crippen LogP contribution in [0.2, 0.25) is 0 Å². The summed E-state index contributed by atoms with van der Waals surface area (Å²) in [5.74, 6) is -1.47. The minimum Gasteiger partial charge on any atom is -0.352 e. The highest BCUT2D eigenvalue weighted by molar-refractivity contribution is 9.10. The maximum absolute atomic E-state index is 13.8. The van der Waals surface area contributed by atoms with Gasteiger partial charge in [-0.25, -0.2) is 12.8 Å². The second kappa shape index (κ2) is 13.0. The van der Waals surface area contributed by atoms with Crippen molar-refractivity contribution in [3.8, 4) is 0 Å². The molecule has 2 atom stereocenters. The summed E-state index contributed by atoms with van der Waals surface area (Å²) in [6.07, 6.45) is 0.719. The van der Waals surface area contributed by atoms with E-state index in [4.69, 9.17) is 0 Å². The van der Waals surface area contributed by atoms with E-state index in [1.54, 1.807) is 37.3 Å². The Bertz CT molecular complexity index is 1340. The average Bonchev–Trinajstić information content (AvgIpc) is 2.91. The Kier molecular flexibility index (Phi) is 10.0. The SMILES string of the molecule is CC[C@@H](C)NC(=O)[C@@H](C)N(Cc1ccc(Br)cc1)C(=O)CN(c1ccccc1)S(=O)(=O)c1ccc(F)cc1. The van der Waals surface area contributed by atoms with Gasteiger partial charge in [0.05, 0.1) is 10.6 Å². The van der Waals surface area contributed by atoms with E-state index in [1.807, 2.05) is 38.1 Å². The summed E-state index contributed by atoms with van der Waals surface area (Å²) < 4.78 is 42.6. The van der Waals surface area contributed by atoms with Crippen molar-refractivity contribution in [2.75, 3.05) is 10.8 Å². The minimum absolute atomic E-state index is 0.0887. The van der Waals surface area contributed by atoms with Crippen LogP contribution in [0.15, 0.2) is 88.2 Å². The molecule has 0 aliphatic heterocycles. The number of benzene rings is 3. The van der Waals surface area contributed by atoms with Crippen molar-refractivity contribution in [1.29, 1.82) is 0 Å². The first kappa shape index (κ1) is 29.3. The van der Waals surface area contributed by atoms with Crippen LogP contribution in [0.5, 0.6) is 0 Å². The zero-order valence-corrected chi connectivity index (χ0v) is 23.9. The van der Waals surface area contributed by atoms with Crippen LogP contribution in [-0.2, 0) is 26.2 Å². The lowest BCUT2D eigenvalue weighted by molar-refractivity contribution is -0.139. The second-order valence-corrected chi connectivity index (χ2v) is 11.7. The van der Waals surface area contributed by atoms with Gasteiger partial charge in [0.2, 0.25) is 11.8 Å². The van der Waals surface area contributed by atoms with Gasteiger partial charge in [-0.2, -0.15) is 0 Å². The van der Waals surface area contributed by atoms with Gasteiger partial charge < -0.3 is 10.2 Å². The maximum atomic E-state index is 13.8. The molecule has 1 N–H and O–H groups in total. The Labute approximate surface area is 231 Å². The third-order valence-electron chi connectivity index (χ3n) is 6.16. The van der Waals surface area contributed by atoms with E-state index in [0.29, 0.717) is 0 Å². The maximum Gasteiger partial charge on any atom is 0.264 e. The van der Waals surface area contributed by atoms with Crippen molar-refractivity contribution in [1.82, 2.24) is 10.2 Å². The van der Waals surface area contributed by atoms with Crippen LogP contribution in [0.3, 0.4) is 0 Å². The van der Waals surface area contributed by atoms with E-state index in [0.717, 1.165) is 45.0 Å². The molecular formula is C28H31BrFN3O4S. The summed E-state index contributed by atoms with van der Waals surface area (Å²) in [7, 11) is -4.23. The number of amides is 2. The molecule has 0 saturated carbocycles. The van der Waals surface area contributed by atoms with Crippen molar-refractivity contribution < 1.29 is 22.4 Å². The van der Waals surface area contributed by atoms with Gasteiger partial charge in [-0.15, -0.1) is 0 Å². The summed E-state index contributed by atoms with van der Waals surface area (Å²) in [6, 6.07) is 19.0. The molecule has 10 heteroatoms. The number of anilines is 1. The largest absolute Gasteiger partial charge is 0.352 e. The van der Waals surface area contributed by atoms with Gasteiger partial charge >= 0.3 is 0 Å². The number of carbonyl (C=O) groups is 2. The number of rotatable bonds is 11. The number of hydrogen-bond acceptors (Lipinski definition) is 4. The van der Waals surface area contributed by atoms with E-state index >= 15 is 0 Å². The summed E-state index contributed by atoms with van der Waals surface area (Å²) in [5.41, 5.74) is 1.04. The highest BCUT2D eigenvalue weighted by Gasteiger charge is 2.32. The molecule has 7 nitrogen and oxygen atoms in total. The van der Waals surface area contributed by atoms with Gasteiger partial charge in [0.1, 0.15) is 18.4 Å². The molecule has 0 radical (unpaired) electrons. The van der Waals surface area contributed by atoms with Crippen LogP contribution in [0.25, 0.3) is 0 Å². The van der Waals surface area contributed by atoms with Crippen LogP contribution >= 0.6 is 15.9 Å². The van der Waals surface area contributed by atoms with E-state index in [1.165, 1.54) is 4.90 Å². The van der Waals surface area contributed by atoms with E-state index in [9.17, 15) is 22.4 Å². The summed E-state index contributed by atoms with van der Waals surface area (Å²) >= 11 is 3.39. The zero-order valence-electron chi connectivity index (χ0n) is 21.5. The molecule has 0 aliphatic rings. The Balaban J connectivity index is 1.99. The zero-order chi connectivity index (χ0) is 27.9. The van der Waals surface area contributed by atoms with Crippen molar-refractivity contribution >= 4 is 43.5 Å². The number of nitrogens with one attached hydrogen (secondary N) is 1. The van der Waals surface area contributed by atoms with Gasteiger partial charge in [-0.1, -0.05) is 53.2 Å². The Morgan fingerprint density at radius 2 is 1.55 bits per heavy atom. The Hall–Kier alpha value is -3.24. The molecule has 3 aromatic rings. The van der Waals surface area contributed by atoms with E-state index < -0.39 is 34.3 Å². The lowest BCUT2D eigenvalue weighted by Gasteiger charge is -2.32. The first-order valence-corrected chi connectivity index (χ1v) is 14.4. The molecular weight excluding hydrogens is 573 g/mol. The molecule has 0 aromatic heterocycles. The topological polar surface area (TPSA) is 86.8 Å². The Morgan fingerprint density at radius 1 is 0.947 bits per heavy atom. The lowest BCUT2D eigenvalue weighted by atomic mass is 10.1. The summed E-state index contributed by atoms with van der Waals surface area (Å²) in [6.45, 7) is 4.98. The number of para-hydroxylation sites is 1. The van der Waals surface area contributed by atoms with Gasteiger partial charge in [-0.3, -0.25) is 13.9 Å². The fourth-order valence-electron chi connectivity index (χ4n) is 3.69. The number of hydrogen-bond donors (Lipinski definition) is 1. The molecule has 0 unspecified atom stereocenters. The monoisotopic (exact) mass is 603 g/mol. The molecule has 3 rings (SSSR count). The van der Waals surface area contributed by atoms with Gasteiger partial charge in [0, 0.05) is 17.1 Å². The Morgan fingerprint density at radius 3 is 2.13 bits per heavy atom. The normalized spacial score (nSPS) is 12.9. The van der Waals surface area contributed by atoms with E-state index in [-0.39, 0.29) is 29.1 Å². The first-order valence-electron chi connectivity index (χ1n) is 12.2. The molecule has 0 aliphatic carbocycles. The molecule has 202 valence electrons. The third kappa shape index (κ3) is 7.41. The fourth-order valence-corrected chi connectivity index (χ4v) is 5.37. The molecule has 0 fully saturated rings. The predicted molar refractivity (Wildman–Crippen MR) is 149 cm³/mol. The minimum atomic E-state index is -4.23. The first-order chi connectivity index (χ1) is 18.0. The number of nitrogens with zero attached hydrogens (tertiary/aromatic N) is 2. The summed E-state index contributed by atoms with van der Waals surface area (Å²) in [5, 5.41) is 2.90. The molecule has 2 amide bonds. The van der Waals surface area contributed by atoms with Gasteiger partial charge in [-0.05, 0) is 74.4 Å². The molecule has 0 spiro atoms. The van der Waals surface area contributed by atoms with Crippen molar-refractivity contribution in [3.05, 3.63) is 94.7 Å². The molecule has 3 aromatic carbocycles. The number of halogens is 2. The summed E-state index contributed by atoms with van der Waals surface area (Å²) in [4.78, 5) is 28.0. The van der Waals surface area contributed by atoms with Crippen LogP contribution in [-0.4, -0.2) is 43.8 Å². The number of carbonyl (C=O) groups excluding carboxylic acids is 2. The van der Waals surface area contributed by atoms with E-state index in [2.05, 4.69) is 21.2 Å². The lowest BCUT2D eigenvalue weighted by Crippen LogP contribution is -2.52. The van der Waals surface area contributed by atoms with Crippen LogP contribution in [0.4, 0.5) is 10.1 Å². The van der Waals surface area contributed by atoms with Crippen molar-refractivity contribution in [2.24, 2.45) is 0 Å². The fraction of sp³-hybridized carbons (Fsp3) is 0.286. The predicted octanol–water partition coefficient (Wildman–Crippen LogP) is 5.12. The third-order valence-corrected chi connectivity index (χ3v) is 8.48. The molecule has 0 saturated heterocycles. The van der Waals surface area contributed by atoms with Crippen molar-refractivity contribution in [2.45, 2.75) is 50.7 Å². The quantitative estimate of drug-likeness (QED) is 0.330. The highest BCUT2D eigenvalue weighted by atomic mass is 79.9. The number of sulfonamides is 1. The van der Waals surface area contributed by atoms with Crippen LogP contribution in [0.1, 0.15) is 32.8 Å². The van der Waals surface area contributed by atoms with Crippen LogP contribution < -0.4 is 9.62 Å². The van der Waals surface area contributed by atoms with Crippen LogP contribution in [0, 0.1) is 5.82 Å². The second-order valence-electron chi connectivity index (χ2n) is 8.94. The molecule has 0 heterocycles. The highest BCUT2D eigenvalue weighted by Crippen LogP contribution is 2.25. The van der Waals surface area contributed by atoms with Gasteiger partial charge in [0.15, 0.2) is 0 Å². The smallest absolute Gasteiger partial charge is 0.264 e. The van der Waals surface area contributed by atoms with Gasteiger partial charge in [0.25, 0.3) is 10.0 Å².